The molecule has 0 heterocycles. The first-order valence-electron chi connectivity index (χ1n) is 6.54. The molecule has 0 spiro atoms. The molecule has 1 rings (SSSR count). The van der Waals surface area contributed by atoms with Crippen LogP contribution in [0.15, 0.2) is 18.2 Å². The Balaban J connectivity index is 2.29. The minimum Gasteiger partial charge on any atom is -0.504 e. The minimum atomic E-state index is -0.840. The van der Waals surface area contributed by atoms with Gasteiger partial charge >= 0.3 is 5.97 Å². The molecule has 0 unspecified atom stereocenters. The van der Waals surface area contributed by atoms with Crippen molar-refractivity contribution in [3.63, 3.8) is 0 Å². The van der Waals surface area contributed by atoms with Crippen molar-refractivity contribution >= 4 is 5.97 Å². The summed E-state index contributed by atoms with van der Waals surface area (Å²) >= 11 is 0. The van der Waals surface area contributed by atoms with Gasteiger partial charge in [0.1, 0.15) is 12.6 Å². The van der Waals surface area contributed by atoms with E-state index in [4.69, 9.17) is 19.9 Å². The lowest BCUT2D eigenvalue weighted by Gasteiger charge is -2.12. The lowest BCUT2D eigenvalue weighted by molar-refractivity contribution is -0.146. The number of esters is 1. The van der Waals surface area contributed by atoms with Gasteiger partial charge in [0.15, 0.2) is 11.5 Å². The normalized spacial score (nSPS) is 12.1. The maximum absolute atomic E-state index is 11.6. The van der Waals surface area contributed by atoms with Crippen molar-refractivity contribution in [2.24, 2.45) is 5.73 Å². The Morgan fingerprint density at radius 1 is 1.19 bits per heavy atom. The fourth-order valence-electron chi connectivity index (χ4n) is 1.59. The molecule has 0 radical (unpaired) electrons. The van der Waals surface area contributed by atoms with Crippen molar-refractivity contribution in [3.8, 4) is 11.5 Å². The molecule has 1 aromatic carbocycles. The van der Waals surface area contributed by atoms with Crippen LogP contribution in [-0.4, -0.2) is 55.8 Å². The molecule has 0 bridgehead atoms. The van der Waals surface area contributed by atoms with Gasteiger partial charge in [-0.1, -0.05) is 6.07 Å². The summed E-state index contributed by atoms with van der Waals surface area (Å²) in [5.74, 6) is -1.01. The van der Waals surface area contributed by atoms with Crippen LogP contribution in [0.5, 0.6) is 11.5 Å². The smallest absolute Gasteiger partial charge is 0.323 e. The number of rotatable bonds is 9. The number of methoxy groups -OCH3 is 1. The fraction of sp³-hybridized carbons (Fsp3) is 0.500. The second-order valence-corrected chi connectivity index (χ2v) is 4.41. The Bertz CT molecular complexity index is 451. The van der Waals surface area contributed by atoms with E-state index in [0.29, 0.717) is 18.8 Å². The Morgan fingerprint density at radius 3 is 2.57 bits per heavy atom. The van der Waals surface area contributed by atoms with Crippen molar-refractivity contribution in [1.82, 2.24) is 0 Å². The van der Waals surface area contributed by atoms with Crippen molar-refractivity contribution in [3.05, 3.63) is 23.8 Å². The Morgan fingerprint density at radius 2 is 1.90 bits per heavy atom. The first-order valence-corrected chi connectivity index (χ1v) is 6.54. The molecule has 7 heteroatoms. The molecule has 1 aromatic rings. The Hall–Kier alpha value is -1.83. The standard InChI is InChI=1S/C14H21NO6/c1-19-4-5-20-6-7-21-14(18)11(15)8-10-2-3-12(16)13(17)9-10/h2-3,9,11,16-17H,4-8,15H2,1H3/t11-/m0/s1. The van der Waals surface area contributed by atoms with Gasteiger partial charge in [-0.3, -0.25) is 4.79 Å². The van der Waals surface area contributed by atoms with E-state index in [0.717, 1.165) is 0 Å². The third kappa shape index (κ3) is 6.44. The zero-order valence-electron chi connectivity index (χ0n) is 11.9. The molecular weight excluding hydrogens is 278 g/mol. The molecule has 21 heavy (non-hydrogen) atoms. The number of aromatic hydroxyl groups is 2. The van der Waals surface area contributed by atoms with Gasteiger partial charge in [-0.15, -0.1) is 0 Å². The van der Waals surface area contributed by atoms with Gasteiger partial charge in [0.2, 0.25) is 0 Å². The minimum absolute atomic E-state index is 0.122. The van der Waals surface area contributed by atoms with E-state index in [9.17, 15) is 15.0 Å². The first-order chi connectivity index (χ1) is 10.0. The van der Waals surface area contributed by atoms with E-state index in [1.54, 1.807) is 13.2 Å². The molecule has 0 saturated heterocycles. The quantitative estimate of drug-likeness (QED) is 0.338. The van der Waals surface area contributed by atoms with Crippen LogP contribution in [0.3, 0.4) is 0 Å². The molecule has 0 aliphatic rings. The number of ether oxygens (including phenoxy) is 3. The predicted molar refractivity (Wildman–Crippen MR) is 75.1 cm³/mol. The molecule has 0 saturated carbocycles. The molecule has 4 N–H and O–H groups in total. The molecule has 0 aliphatic heterocycles. The Kier molecular flexibility index (Phi) is 7.52. The summed E-state index contributed by atoms with van der Waals surface area (Å²) < 4.78 is 14.9. The number of phenolic OH excluding ortho intramolecular Hbond substituents is 2. The number of hydrogen-bond acceptors (Lipinski definition) is 7. The van der Waals surface area contributed by atoms with Gasteiger partial charge in [0.25, 0.3) is 0 Å². The zero-order chi connectivity index (χ0) is 15.7. The van der Waals surface area contributed by atoms with Crippen LogP contribution in [0.1, 0.15) is 5.56 Å². The van der Waals surface area contributed by atoms with E-state index >= 15 is 0 Å². The second-order valence-electron chi connectivity index (χ2n) is 4.41. The van der Waals surface area contributed by atoms with Gasteiger partial charge in [0.05, 0.1) is 19.8 Å². The van der Waals surface area contributed by atoms with Crippen molar-refractivity contribution in [2.45, 2.75) is 12.5 Å². The lowest BCUT2D eigenvalue weighted by atomic mass is 10.1. The average Bonchev–Trinajstić information content (AvgIpc) is 2.46. The largest absolute Gasteiger partial charge is 0.504 e. The summed E-state index contributed by atoms with van der Waals surface area (Å²) in [7, 11) is 1.57. The van der Waals surface area contributed by atoms with Crippen LogP contribution in [0.4, 0.5) is 0 Å². The molecule has 0 aliphatic carbocycles. The SMILES string of the molecule is COCCOCCOC(=O)[C@@H](N)Cc1ccc(O)c(O)c1. The van der Waals surface area contributed by atoms with Crippen LogP contribution in [0.25, 0.3) is 0 Å². The number of carbonyl (C=O) groups excluding carboxylic acids is 1. The number of benzene rings is 1. The van der Waals surface area contributed by atoms with Crippen LogP contribution < -0.4 is 5.73 Å². The van der Waals surface area contributed by atoms with Gasteiger partial charge < -0.3 is 30.2 Å². The van der Waals surface area contributed by atoms with Crippen LogP contribution in [-0.2, 0) is 25.4 Å². The molecule has 0 aromatic heterocycles. The predicted octanol–water partition coefficient (Wildman–Crippen LogP) is 0.174. The zero-order valence-corrected chi connectivity index (χ0v) is 11.9. The maximum atomic E-state index is 11.6. The van der Waals surface area contributed by atoms with Gasteiger partial charge in [-0.25, -0.2) is 0 Å². The highest BCUT2D eigenvalue weighted by Gasteiger charge is 2.16. The van der Waals surface area contributed by atoms with Crippen LogP contribution in [0, 0.1) is 0 Å². The second kappa shape index (κ2) is 9.17. The van der Waals surface area contributed by atoms with E-state index in [-0.39, 0.29) is 31.1 Å². The molecule has 118 valence electrons. The topological polar surface area (TPSA) is 111 Å². The van der Waals surface area contributed by atoms with Crippen molar-refractivity contribution in [2.75, 3.05) is 33.5 Å². The summed E-state index contributed by atoms with van der Waals surface area (Å²) in [6, 6.07) is 3.44. The number of phenols is 2. The fourth-order valence-corrected chi connectivity index (χ4v) is 1.59. The monoisotopic (exact) mass is 299 g/mol. The van der Waals surface area contributed by atoms with E-state index in [1.807, 2.05) is 0 Å². The number of hydrogen-bond donors (Lipinski definition) is 3. The molecule has 0 fully saturated rings. The van der Waals surface area contributed by atoms with E-state index < -0.39 is 12.0 Å². The summed E-state index contributed by atoms with van der Waals surface area (Å²) in [4.78, 5) is 11.6. The van der Waals surface area contributed by atoms with Gasteiger partial charge in [0, 0.05) is 7.11 Å². The Labute approximate surface area is 123 Å². The summed E-state index contributed by atoms with van der Waals surface area (Å²) in [5.41, 5.74) is 6.35. The highest BCUT2D eigenvalue weighted by molar-refractivity contribution is 5.75. The molecule has 0 amide bonds. The van der Waals surface area contributed by atoms with Crippen molar-refractivity contribution < 1.29 is 29.2 Å². The summed E-state index contributed by atoms with van der Waals surface area (Å²) in [5, 5.41) is 18.6. The summed E-state index contributed by atoms with van der Waals surface area (Å²) in [6.45, 7) is 1.32. The third-order valence-corrected chi connectivity index (χ3v) is 2.70. The first kappa shape index (κ1) is 17.2. The lowest BCUT2D eigenvalue weighted by Crippen LogP contribution is -2.35. The number of carbonyl (C=O) groups is 1. The number of nitrogens with two attached hydrogens (primary N) is 1. The van der Waals surface area contributed by atoms with Crippen molar-refractivity contribution in [1.29, 1.82) is 0 Å². The molecule has 7 nitrogen and oxygen atoms in total. The van der Waals surface area contributed by atoms with E-state index in [2.05, 4.69) is 0 Å². The maximum Gasteiger partial charge on any atom is 0.323 e. The molecular formula is C14H21NO6. The van der Waals surface area contributed by atoms with Crippen LogP contribution in [0.2, 0.25) is 0 Å². The highest BCUT2D eigenvalue weighted by Crippen LogP contribution is 2.25. The highest BCUT2D eigenvalue weighted by atomic mass is 16.6. The average molecular weight is 299 g/mol. The van der Waals surface area contributed by atoms with Gasteiger partial charge in [-0.2, -0.15) is 0 Å². The molecule has 1 atom stereocenters. The van der Waals surface area contributed by atoms with Gasteiger partial charge in [-0.05, 0) is 24.1 Å². The third-order valence-electron chi connectivity index (χ3n) is 2.70. The van der Waals surface area contributed by atoms with Crippen LogP contribution >= 0.6 is 0 Å². The van der Waals surface area contributed by atoms with E-state index in [1.165, 1.54) is 12.1 Å². The summed E-state index contributed by atoms with van der Waals surface area (Å²) in [6.07, 6.45) is 0.206.